The van der Waals surface area contributed by atoms with Crippen LogP contribution in [0.25, 0.3) is 5.69 Å². The summed E-state index contributed by atoms with van der Waals surface area (Å²) in [5, 5.41) is 8.69. The summed E-state index contributed by atoms with van der Waals surface area (Å²) in [4.78, 5) is 15.2. The zero-order chi connectivity index (χ0) is 20.5. The van der Waals surface area contributed by atoms with E-state index >= 15 is 0 Å². The van der Waals surface area contributed by atoms with E-state index in [-0.39, 0.29) is 17.4 Å². The van der Waals surface area contributed by atoms with Gasteiger partial charge in [0.1, 0.15) is 0 Å². The summed E-state index contributed by atoms with van der Waals surface area (Å²) in [5.74, 6) is 0.397. The first-order valence-corrected chi connectivity index (χ1v) is 10.3. The average Bonchev–Trinajstić information content (AvgIpc) is 3.07. The molecule has 1 saturated heterocycles. The molecule has 2 heterocycles. The van der Waals surface area contributed by atoms with Crippen molar-refractivity contribution in [1.29, 1.82) is 0 Å². The molecule has 1 aliphatic rings. The summed E-state index contributed by atoms with van der Waals surface area (Å²) in [6.07, 6.45) is 2.50. The molecular weight excluding hydrogens is 350 g/mol. The summed E-state index contributed by atoms with van der Waals surface area (Å²) < 4.78 is 1.84. The van der Waals surface area contributed by atoms with Crippen LogP contribution in [0.1, 0.15) is 75.1 Å². The van der Waals surface area contributed by atoms with Crippen LogP contribution in [0.4, 0.5) is 0 Å². The highest BCUT2D eigenvalue weighted by Gasteiger charge is 2.37. The highest BCUT2D eigenvalue weighted by molar-refractivity contribution is 5.93. The first kappa shape index (κ1) is 20.5. The standard InChI is InChI=1S/C22H33N5O/c1-6-8-18-20(21(28)26-12-11-19(23)22(4,5)14-26)24-25-27(18)17-10-7-9-16(13-17)15(2)3/h7,9-10,13,15,19H,6,8,11-12,14,23H2,1-5H3. The average molecular weight is 384 g/mol. The molecule has 28 heavy (non-hydrogen) atoms. The van der Waals surface area contributed by atoms with Crippen molar-refractivity contribution >= 4 is 5.91 Å². The summed E-state index contributed by atoms with van der Waals surface area (Å²) in [6, 6.07) is 8.43. The fraction of sp³-hybridized carbons (Fsp3) is 0.591. The molecular formula is C22H33N5O. The van der Waals surface area contributed by atoms with E-state index < -0.39 is 0 Å². The van der Waals surface area contributed by atoms with Crippen molar-refractivity contribution in [2.24, 2.45) is 11.1 Å². The van der Waals surface area contributed by atoms with Gasteiger partial charge in [-0.1, -0.05) is 58.4 Å². The van der Waals surface area contributed by atoms with Gasteiger partial charge in [0.15, 0.2) is 5.69 Å². The number of carbonyl (C=O) groups excluding carboxylic acids is 1. The van der Waals surface area contributed by atoms with Crippen molar-refractivity contribution in [2.45, 2.75) is 65.8 Å². The Bertz CT molecular complexity index is 839. The molecule has 1 fully saturated rings. The molecule has 6 heteroatoms. The highest BCUT2D eigenvalue weighted by atomic mass is 16.2. The minimum absolute atomic E-state index is 0.0327. The van der Waals surface area contributed by atoms with E-state index in [2.05, 4.69) is 57.1 Å². The topological polar surface area (TPSA) is 77.0 Å². The Labute approximate surface area is 168 Å². The van der Waals surface area contributed by atoms with Gasteiger partial charge in [-0.2, -0.15) is 0 Å². The van der Waals surface area contributed by atoms with Gasteiger partial charge in [-0.05, 0) is 41.9 Å². The molecule has 1 amide bonds. The molecule has 1 unspecified atom stereocenters. The minimum atomic E-state index is -0.0968. The maximum atomic E-state index is 13.3. The van der Waals surface area contributed by atoms with Crippen LogP contribution in [0.5, 0.6) is 0 Å². The number of hydrogen-bond donors (Lipinski definition) is 1. The van der Waals surface area contributed by atoms with Crippen LogP contribution >= 0.6 is 0 Å². The number of benzene rings is 1. The van der Waals surface area contributed by atoms with Gasteiger partial charge in [-0.15, -0.1) is 5.10 Å². The molecule has 2 aromatic rings. The third kappa shape index (κ3) is 3.97. The van der Waals surface area contributed by atoms with Gasteiger partial charge in [-0.25, -0.2) is 4.68 Å². The minimum Gasteiger partial charge on any atom is -0.337 e. The van der Waals surface area contributed by atoms with Gasteiger partial charge in [0, 0.05) is 19.1 Å². The maximum absolute atomic E-state index is 13.3. The first-order valence-electron chi connectivity index (χ1n) is 10.3. The molecule has 6 nitrogen and oxygen atoms in total. The second-order valence-electron chi connectivity index (χ2n) is 8.91. The van der Waals surface area contributed by atoms with Gasteiger partial charge in [0.25, 0.3) is 5.91 Å². The van der Waals surface area contributed by atoms with Crippen molar-refractivity contribution in [3.05, 3.63) is 41.2 Å². The Morgan fingerprint density at radius 1 is 1.36 bits per heavy atom. The summed E-state index contributed by atoms with van der Waals surface area (Å²) in [5.41, 5.74) is 9.71. The number of likely N-dealkylation sites (tertiary alicyclic amines) is 1. The van der Waals surface area contributed by atoms with Crippen LogP contribution in [0, 0.1) is 5.41 Å². The normalized spacial score (nSPS) is 19.2. The van der Waals surface area contributed by atoms with Gasteiger partial charge in [0.05, 0.1) is 11.4 Å². The predicted molar refractivity (Wildman–Crippen MR) is 112 cm³/mol. The lowest BCUT2D eigenvalue weighted by atomic mass is 9.79. The lowest BCUT2D eigenvalue weighted by molar-refractivity contribution is 0.0526. The van der Waals surface area contributed by atoms with E-state index in [0.717, 1.165) is 30.6 Å². The van der Waals surface area contributed by atoms with Gasteiger partial charge < -0.3 is 10.6 Å². The Hall–Kier alpha value is -2.21. The SMILES string of the molecule is CCCc1c(C(=O)N2CCC(N)C(C)(C)C2)nnn1-c1cccc(C(C)C)c1. The van der Waals surface area contributed by atoms with E-state index in [0.29, 0.717) is 24.7 Å². The highest BCUT2D eigenvalue weighted by Crippen LogP contribution is 2.29. The molecule has 0 radical (unpaired) electrons. The monoisotopic (exact) mass is 383 g/mol. The van der Waals surface area contributed by atoms with Crippen LogP contribution in [-0.2, 0) is 6.42 Å². The Balaban J connectivity index is 1.95. The summed E-state index contributed by atoms with van der Waals surface area (Å²) in [7, 11) is 0. The smallest absolute Gasteiger partial charge is 0.276 e. The van der Waals surface area contributed by atoms with Crippen LogP contribution < -0.4 is 5.73 Å². The summed E-state index contributed by atoms with van der Waals surface area (Å²) in [6.45, 7) is 12.0. The Kier molecular flexibility index (Phi) is 5.89. The zero-order valence-electron chi connectivity index (χ0n) is 17.8. The van der Waals surface area contributed by atoms with Crippen molar-refractivity contribution in [3.63, 3.8) is 0 Å². The maximum Gasteiger partial charge on any atom is 0.276 e. The molecule has 0 spiro atoms. The molecule has 3 rings (SSSR count). The van der Waals surface area contributed by atoms with Gasteiger partial charge in [-0.3, -0.25) is 4.79 Å². The molecule has 2 N–H and O–H groups in total. The second kappa shape index (κ2) is 8.03. The number of nitrogens with zero attached hydrogens (tertiary/aromatic N) is 4. The van der Waals surface area contributed by atoms with Crippen molar-refractivity contribution in [2.75, 3.05) is 13.1 Å². The number of nitrogens with two attached hydrogens (primary N) is 1. The number of carbonyl (C=O) groups is 1. The molecule has 152 valence electrons. The van der Waals surface area contributed by atoms with Crippen LogP contribution in [0.2, 0.25) is 0 Å². The molecule has 1 atom stereocenters. The van der Waals surface area contributed by atoms with Crippen molar-refractivity contribution < 1.29 is 4.79 Å². The molecule has 0 saturated carbocycles. The number of piperidine rings is 1. The number of hydrogen-bond acceptors (Lipinski definition) is 4. The predicted octanol–water partition coefficient (Wildman–Crippen LogP) is 3.54. The van der Waals surface area contributed by atoms with Crippen molar-refractivity contribution in [1.82, 2.24) is 19.9 Å². The largest absolute Gasteiger partial charge is 0.337 e. The quantitative estimate of drug-likeness (QED) is 0.857. The van der Waals surface area contributed by atoms with E-state index in [9.17, 15) is 4.79 Å². The van der Waals surface area contributed by atoms with Crippen LogP contribution in [-0.4, -0.2) is 44.9 Å². The Morgan fingerprint density at radius 2 is 2.11 bits per heavy atom. The second-order valence-corrected chi connectivity index (χ2v) is 8.91. The lowest BCUT2D eigenvalue weighted by Crippen LogP contribution is -2.54. The Morgan fingerprint density at radius 3 is 2.75 bits per heavy atom. The molecule has 0 aliphatic carbocycles. The number of rotatable bonds is 5. The fourth-order valence-electron chi connectivity index (χ4n) is 3.85. The lowest BCUT2D eigenvalue weighted by Gasteiger charge is -2.42. The van der Waals surface area contributed by atoms with E-state index in [1.165, 1.54) is 5.56 Å². The third-order valence-electron chi connectivity index (χ3n) is 5.83. The van der Waals surface area contributed by atoms with E-state index in [1.807, 2.05) is 21.7 Å². The molecule has 0 bridgehead atoms. The van der Waals surface area contributed by atoms with Gasteiger partial charge in [0.2, 0.25) is 0 Å². The van der Waals surface area contributed by atoms with E-state index in [1.54, 1.807) is 0 Å². The third-order valence-corrected chi connectivity index (χ3v) is 5.83. The first-order chi connectivity index (χ1) is 13.2. The molecule has 1 aromatic carbocycles. The van der Waals surface area contributed by atoms with Crippen LogP contribution in [0.3, 0.4) is 0 Å². The van der Waals surface area contributed by atoms with Crippen molar-refractivity contribution in [3.8, 4) is 5.69 Å². The number of amides is 1. The van der Waals surface area contributed by atoms with E-state index in [4.69, 9.17) is 5.73 Å². The zero-order valence-corrected chi connectivity index (χ0v) is 17.8. The summed E-state index contributed by atoms with van der Waals surface area (Å²) >= 11 is 0. The molecule has 1 aliphatic heterocycles. The molecule has 1 aromatic heterocycles. The fourth-order valence-corrected chi connectivity index (χ4v) is 3.85. The number of aromatic nitrogens is 3. The van der Waals surface area contributed by atoms with Gasteiger partial charge >= 0.3 is 0 Å². The van der Waals surface area contributed by atoms with Crippen LogP contribution in [0.15, 0.2) is 24.3 Å².